The van der Waals surface area contributed by atoms with Crippen molar-refractivity contribution < 1.29 is 19.1 Å². The smallest absolute Gasteiger partial charge is 0.338 e. The van der Waals surface area contributed by atoms with E-state index in [-0.39, 0.29) is 12.2 Å². The summed E-state index contributed by atoms with van der Waals surface area (Å²) in [7, 11) is 0. The van der Waals surface area contributed by atoms with Gasteiger partial charge in [0.15, 0.2) is 4.80 Å². The van der Waals surface area contributed by atoms with Crippen LogP contribution >= 0.6 is 11.3 Å². The number of ether oxygens (including phenoxy) is 2. The van der Waals surface area contributed by atoms with E-state index in [2.05, 4.69) is 4.99 Å². The molecule has 3 aromatic carbocycles. The van der Waals surface area contributed by atoms with Gasteiger partial charge in [0.1, 0.15) is 5.75 Å². The number of rotatable bonds is 5. The molecule has 8 heteroatoms. The van der Waals surface area contributed by atoms with Crippen LogP contribution in [0.1, 0.15) is 37.9 Å². The van der Waals surface area contributed by atoms with Gasteiger partial charge < -0.3 is 9.47 Å². The summed E-state index contributed by atoms with van der Waals surface area (Å²) in [5.41, 5.74) is 2.13. The fraction of sp³-hybridized carbons (Fsp3) is 0.172. The molecule has 0 fully saturated rings. The van der Waals surface area contributed by atoms with Crippen molar-refractivity contribution in [1.82, 2.24) is 4.57 Å². The fourth-order valence-electron chi connectivity index (χ4n) is 4.51. The quantitative estimate of drug-likeness (QED) is 0.299. The van der Waals surface area contributed by atoms with Crippen LogP contribution in [0.3, 0.4) is 0 Å². The average molecular weight is 513 g/mol. The van der Waals surface area contributed by atoms with Gasteiger partial charge >= 0.3 is 11.9 Å². The predicted molar refractivity (Wildman–Crippen MR) is 142 cm³/mol. The van der Waals surface area contributed by atoms with E-state index in [1.807, 2.05) is 48.5 Å². The molecule has 186 valence electrons. The molecule has 1 atom stereocenters. The van der Waals surface area contributed by atoms with Gasteiger partial charge in [-0.2, -0.15) is 0 Å². The molecule has 1 aliphatic heterocycles. The highest BCUT2D eigenvalue weighted by molar-refractivity contribution is 7.07. The van der Waals surface area contributed by atoms with Crippen molar-refractivity contribution in [2.75, 3.05) is 6.61 Å². The first-order valence-corrected chi connectivity index (χ1v) is 12.6. The first kappa shape index (κ1) is 24.4. The molecule has 0 spiro atoms. The number of fused-ring (bicyclic) bond motifs is 2. The highest BCUT2D eigenvalue weighted by Crippen LogP contribution is 2.31. The third kappa shape index (κ3) is 4.63. The van der Waals surface area contributed by atoms with Gasteiger partial charge in [-0.05, 0) is 54.0 Å². The third-order valence-electron chi connectivity index (χ3n) is 6.08. The van der Waals surface area contributed by atoms with Gasteiger partial charge in [-0.15, -0.1) is 0 Å². The topological polar surface area (TPSA) is 87.0 Å². The first-order chi connectivity index (χ1) is 17.9. The molecule has 5 rings (SSSR count). The normalized spacial score (nSPS) is 15.3. The number of thiazole rings is 1. The van der Waals surface area contributed by atoms with Gasteiger partial charge in [0, 0.05) is 6.92 Å². The molecule has 0 N–H and O–H groups in total. The second-order valence-electron chi connectivity index (χ2n) is 8.53. The van der Waals surface area contributed by atoms with Crippen molar-refractivity contribution in [1.29, 1.82) is 0 Å². The Balaban J connectivity index is 1.70. The number of allylic oxidation sites excluding steroid dienone is 1. The van der Waals surface area contributed by atoms with Gasteiger partial charge in [0.05, 0.1) is 28.5 Å². The molecular weight excluding hydrogens is 488 g/mol. The summed E-state index contributed by atoms with van der Waals surface area (Å²) in [6.07, 6.45) is 1.87. The second-order valence-corrected chi connectivity index (χ2v) is 9.54. The molecule has 0 aliphatic carbocycles. The number of carbonyl (C=O) groups is 2. The minimum atomic E-state index is -0.739. The summed E-state index contributed by atoms with van der Waals surface area (Å²) in [5.74, 6) is -0.587. The molecule has 37 heavy (non-hydrogen) atoms. The number of hydrogen-bond donors (Lipinski definition) is 0. The SMILES string of the molecule is CCOC(=O)C1=C(C)N=c2s/c(=C/c3cccc4ccccc34)c(=O)n2[C@H]1c1ccc(OC(C)=O)cc1. The lowest BCUT2D eigenvalue weighted by Crippen LogP contribution is -2.39. The number of carbonyl (C=O) groups excluding carboxylic acids is 2. The fourth-order valence-corrected chi connectivity index (χ4v) is 5.55. The van der Waals surface area contributed by atoms with Crippen LogP contribution in [0.15, 0.2) is 87.8 Å². The molecule has 7 nitrogen and oxygen atoms in total. The van der Waals surface area contributed by atoms with Crippen LogP contribution in [0.5, 0.6) is 5.75 Å². The molecule has 0 saturated heterocycles. The van der Waals surface area contributed by atoms with Crippen LogP contribution in [0.25, 0.3) is 16.8 Å². The lowest BCUT2D eigenvalue weighted by Gasteiger charge is -2.24. The standard InChI is InChI=1S/C29H24N2O5S/c1-4-35-28(34)25-17(2)30-29-31(26(25)20-12-14-22(15-13-20)36-18(3)32)27(33)24(37-29)16-21-10-7-9-19-8-5-6-11-23(19)21/h5-16,26H,4H2,1-3H3/b24-16+/t26-/m0/s1. The summed E-state index contributed by atoms with van der Waals surface area (Å²) < 4.78 is 12.5. The van der Waals surface area contributed by atoms with Crippen LogP contribution in [0.4, 0.5) is 0 Å². The van der Waals surface area contributed by atoms with E-state index in [0.717, 1.165) is 16.3 Å². The van der Waals surface area contributed by atoms with E-state index >= 15 is 0 Å². The Morgan fingerprint density at radius 1 is 1.05 bits per heavy atom. The van der Waals surface area contributed by atoms with Crippen LogP contribution in [-0.2, 0) is 14.3 Å². The summed E-state index contributed by atoms with van der Waals surface area (Å²) >= 11 is 1.28. The van der Waals surface area contributed by atoms with Gasteiger partial charge in [0.25, 0.3) is 5.56 Å². The van der Waals surface area contributed by atoms with Gasteiger partial charge in [-0.25, -0.2) is 9.79 Å². The largest absolute Gasteiger partial charge is 0.463 e. The zero-order chi connectivity index (χ0) is 26.1. The first-order valence-electron chi connectivity index (χ1n) is 11.8. The highest BCUT2D eigenvalue weighted by Gasteiger charge is 2.33. The Kier molecular flexibility index (Phi) is 6.58. The maximum absolute atomic E-state index is 13.8. The number of benzene rings is 3. The Morgan fingerprint density at radius 2 is 1.78 bits per heavy atom. The van der Waals surface area contributed by atoms with Crippen LogP contribution < -0.4 is 19.6 Å². The molecule has 0 amide bonds. The zero-order valence-electron chi connectivity index (χ0n) is 20.6. The van der Waals surface area contributed by atoms with Crippen molar-refractivity contribution in [3.8, 4) is 5.75 Å². The monoisotopic (exact) mass is 512 g/mol. The predicted octanol–water partition coefficient (Wildman–Crippen LogP) is 3.88. The van der Waals surface area contributed by atoms with E-state index in [9.17, 15) is 14.4 Å². The minimum Gasteiger partial charge on any atom is -0.463 e. The summed E-state index contributed by atoms with van der Waals surface area (Å²) in [5, 5.41) is 2.12. The molecule has 0 unspecified atom stereocenters. The summed E-state index contributed by atoms with van der Waals surface area (Å²) in [6, 6.07) is 20.0. The molecule has 0 saturated carbocycles. The van der Waals surface area contributed by atoms with Crippen molar-refractivity contribution in [3.63, 3.8) is 0 Å². The average Bonchev–Trinajstić information content (AvgIpc) is 3.18. The van der Waals surface area contributed by atoms with Gasteiger partial charge in [0.2, 0.25) is 0 Å². The molecule has 0 radical (unpaired) electrons. The van der Waals surface area contributed by atoms with Gasteiger partial charge in [-0.3, -0.25) is 14.2 Å². The maximum atomic E-state index is 13.8. The van der Waals surface area contributed by atoms with E-state index < -0.39 is 18.0 Å². The van der Waals surface area contributed by atoms with Crippen molar-refractivity contribution in [2.24, 2.45) is 4.99 Å². The molecule has 4 aromatic rings. The van der Waals surface area contributed by atoms with Crippen molar-refractivity contribution in [3.05, 3.63) is 109 Å². The number of nitrogens with zero attached hydrogens (tertiary/aromatic N) is 2. The summed E-state index contributed by atoms with van der Waals surface area (Å²) in [6.45, 7) is 5.00. The van der Waals surface area contributed by atoms with E-state index in [0.29, 0.717) is 31.9 Å². The zero-order valence-corrected chi connectivity index (χ0v) is 21.4. The number of aromatic nitrogens is 1. The van der Waals surface area contributed by atoms with E-state index in [1.165, 1.54) is 18.3 Å². The summed E-state index contributed by atoms with van der Waals surface area (Å²) in [4.78, 5) is 43.3. The molecular formula is C29H24N2O5S. The van der Waals surface area contributed by atoms with E-state index in [1.54, 1.807) is 42.7 Å². The van der Waals surface area contributed by atoms with Gasteiger partial charge in [-0.1, -0.05) is 65.9 Å². The van der Waals surface area contributed by atoms with Crippen LogP contribution in [0.2, 0.25) is 0 Å². The van der Waals surface area contributed by atoms with E-state index in [4.69, 9.17) is 9.47 Å². The molecule has 0 bridgehead atoms. The minimum absolute atomic E-state index is 0.194. The lowest BCUT2D eigenvalue weighted by atomic mass is 9.96. The second kappa shape index (κ2) is 9.99. The van der Waals surface area contributed by atoms with Crippen LogP contribution in [0, 0.1) is 0 Å². The number of hydrogen-bond acceptors (Lipinski definition) is 7. The lowest BCUT2D eigenvalue weighted by molar-refractivity contribution is -0.139. The number of esters is 2. The Bertz CT molecular complexity index is 1740. The highest BCUT2D eigenvalue weighted by atomic mass is 32.1. The Morgan fingerprint density at radius 3 is 2.51 bits per heavy atom. The Hall–Kier alpha value is -4.30. The third-order valence-corrected chi connectivity index (χ3v) is 7.07. The molecule has 2 heterocycles. The van der Waals surface area contributed by atoms with Crippen LogP contribution in [-0.4, -0.2) is 23.1 Å². The maximum Gasteiger partial charge on any atom is 0.338 e. The molecule has 1 aliphatic rings. The van der Waals surface area contributed by atoms with Crippen molar-refractivity contribution >= 4 is 40.1 Å². The van der Waals surface area contributed by atoms with Crippen molar-refractivity contribution in [2.45, 2.75) is 26.8 Å². The molecule has 1 aromatic heterocycles. The Labute approximate surface area is 216 Å².